The van der Waals surface area contributed by atoms with E-state index in [9.17, 15) is 0 Å². The fraction of sp³-hybridized carbons (Fsp3) is 0.200. The van der Waals surface area contributed by atoms with Crippen molar-refractivity contribution < 1.29 is 0 Å². The van der Waals surface area contributed by atoms with Crippen LogP contribution in [0.1, 0.15) is 6.92 Å². The molecule has 1 heteroatoms. The van der Waals surface area contributed by atoms with Crippen LogP contribution in [0.15, 0.2) is 24.4 Å². The molecule has 0 amide bonds. The lowest BCUT2D eigenvalue weighted by molar-refractivity contribution is 1.59. The fourth-order valence-corrected chi connectivity index (χ4v) is 0.175. The summed E-state index contributed by atoms with van der Waals surface area (Å²) in [5.41, 5.74) is 4.98. The molecule has 0 aliphatic rings. The van der Waals surface area contributed by atoms with Crippen molar-refractivity contribution in [3.63, 3.8) is 0 Å². The van der Waals surface area contributed by atoms with Crippen molar-refractivity contribution in [3.8, 4) is 0 Å². The Balaban J connectivity index is 3.07. The molecular formula is C5H9N. The minimum Gasteiger partial charge on any atom is -0.405 e. The van der Waals surface area contributed by atoms with E-state index in [0.29, 0.717) is 0 Å². The fourth-order valence-electron chi connectivity index (χ4n) is 0.175. The minimum atomic E-state index is 1.50. The molecule has 0 bridgehead atoms. The predicted octanol–water partition coefficient (Wildman–Crippen LogP) is 1.03. The van der Waals surface area contributed by atoms with Gasteiger partial charge in [0.2, 0.25) is 0 Å². The lowest BCUT2D eigenvalue weighted by atomic mass is 10.5. The van der Waals surface area contributed by atoms with Gasteiger partial charge in [0.1, 0.15) is 0 Å². The molecule has 0 fully saturated rings. The number of hydrogen-bond donors (Lipinski definition) is 1. The lowest BCUT2D eigenvalue weighted by Crippen LogP contribution is -1.71. The Kier molecular flexibility index (Phi) is 3.77. The molecule has 0 atom stereocenters. The zero-order valence-corrected chi connectivity index (χ0v) is 3.89. The normalized spacial score (nSPS) is 11.5. The van der Waals surface area contributed by atoms with E-state index >= 15 is 0 Å². The van der Waals surface area contributed by atoms with Crippen LogP contribution in [0.2, 0.25) is 0 Å². The van der Waals surface area contributed by atoms with Crippen molar-refractivity contribution in [3.05, 3.63) is 24.4 Å². The van der Waals surface area contributed by atoms with Crippen LogP contribution in [-0.2, 0) is 0 Å². The smallest absolute Gasteiger partial charge is 0.00625 e. The van der Waals surface area contributed by atoms with Crippen LogP contribution in [0.5, 0.6) is 0 Å². The second-order valence-corrected chi connectivity index (χ2v) is 0.911. The summed E-state index contributed by atoms with van der Waals surface area (Å²) in [4.78, 5) is 0. The zero-order valence-electron chi connectivity index (χ0n) is 3.89. The quantitative estimate of drug-likeness (QED) is 0.471. The van der Waals surface area contributed by atoms with Crippen molar-refractivity contribution in [1.29, 1.82) is 0 Å². The van der Waals surface area contributed by atoms with Crippen LogP contribution >= 0.6 is 0 Å². The standard InChI is InChI=1S/C5H9N/c1-2-3-4-5-6/h2-5H,6H2,1H3. The molecular weight excluding hydrogens is 74.1 g/mol. The molecule has 0 spiro atoms. The molecule has 0 radical (unpaired) electrons. The summed E-state index contributed by atoms with van der Waals surface area (Å²) in [5.74, 6) is 0. The van der Waals surface area contributed by atoms with Gasteiger partial charge in [0.05, 0.1) is 0 Å². The Hall–Kier alpha value is -0.720. The topological polar surface area (TPSA) is 26.0 Å². The summed E-state index contributed by atoms with van der Waals surface area (Å²) < 4.78 is 0. The molecule has 34 valence electrons. The third kappa shape index (κ3) is 3.28. The highest BCUT2D eigenvalue weighted by molar-refractivity contribution is 4.98. The van der Waals surface area contributed by atoms with Gasteiger partial charge in [-0.05, 0) is 19.2 Å². The lowest BCUT2D eigenvalue weighted by Gasteiger charge is -1.63. The Bertz CT molecular complexity index is 52.3. The molecule has 0 rings (SSSR count). The van der Waals surface area contributed by atoms with Crippen LogP contribution in [0.4, 0.5) is 0 Å². The molecule has 0 aliphatic heterocycles. The van der Waals surface area contributed by atoms with E-state index in [4.69, 9.17) is 5.73 Å². The number of nitrogens with two attached hydrogens (primary N) is 1. The first-order valence-electron chi connectivity index (χ1n) is 1.91. The summed E-state index contributed by atoms with van der Waals surface area (Å²) in [6.07, 6.45) is 7.07. The van der Waals surface area contributed by atoms with Crippen LogP contribution in [0.3, 0.4) is 0 Å². The summed E-state index contributed by atoms with van der Waals surface area (Å²) in [5, 5.41) is 0. The van der Waals surface area contributed by atoms with Gasteiger partial charge in [0, 0.05) is 0 Å². The van der Waals surface area contributed by atoms with Gasteiger partial charge in [-0.2, -0.15) is 0 Å². The molecule has 0 aromatic heterocycles. The maximum atomic E-state index is 4.98. The second-order valence-electron chi connectivity index (χ2n) is 0.911. The van der Waals surface area contributed by atoms with Gasteiger partial charge in [0.25, 0.3) is 0 Å². The molecule has 0 unspecified atom stereocenters. The van der Waals surface area contributed by atoms with Gasteiger partial charge in [-0.3, -0.25) is 0 Å². The highest BCUT2D eigenvalue weighted by Crippen LogP contribution is 1.67. The van der Waals surface area contributed by atoms with Crippen LogP contribution < -0.4 is 5.73 Å². The highest BCUT2D eigenvalue weighted by Gasteiger charge is 1.48. The van der Waals surface area contributed by atoms with Crippen molar-refractivity contribution in [2.45, 2.75) is 6.92 Å². The summed E-state index contributed by atoms with van der Waals surface area (Å²) in [7, 11) is 0. The van der Waals surface area contributed by atoms with E-state index in [-0.39, 0.29) is 0 Å². The number of allylic oxidation sites excluding steroid dienone is 3. The van der Waals surface area contributed by atoms with Crippen molar-refractivity contribution in [1.82, 2.24) is 0 Å². The van der Waals surface area contributed by atoms with Gasteiger partial charge < -0.3 is 5.73 Å². The van der Waals surface area contributed by atoms with E-state index in [1.165, 1.54) is 6.20 Å². The summed E-state index contributed by atoms with van der Waals surface area (Å²) in [6.45, 7) is 1.94. The molecule has 0 saturated carbocycles. The van der Waals surface area contributed by atoms with E-state index in [1.807, 2.05) is 19.1 Å². The van der Waals surface area contributed by atoms with Crippen LogP contribution in [0, 0.1) is 0 Å². The SMILES string of the molecule is CC=CC=CN. The number of rotatable bonds is 1. The monoisotopic (exact) mass is 83.1 g/mol. The van der Waals surface area contributed by atoms with Gasteiger partial charge >= 0.3 is 0 Å². The third-order valence-electron chi connectivity index (χ3n) is 0.415. The molecule has 0 aromatic carbocycles. The van der Waals surface area contributed by atoms with Gasteiger partial charge in [-0.25, -0.2) is 0 Å². The molecule has 6 heavy (non-hydrogen) atoms. The molecule has 0 saturated heterocycles. The van der Waals surface area contributed by atoms with Crippen molar-refractivity contribution in [2.24, 2.45) is 5.73 Å². The largest absolute Gasteiger partial charge is 0.405 e. The maximum absolute atomic E-state index is 4.98. The number of hydrogen-bond acceptors (Lipinski definition) is 1. The molecule has 0 aromatic rings. The molecule has 1 nitrogen and oxygen atoms in total. The molecule has 0 aliphatic carbocycles. The first-order valence-corrected chi connectivity index (χ1v) is 1.91. The van der Waals surface area contributed by atoms with Crippen molar-refractivity contribution in [2.75, 3.05) is 0 Å². The van der Waals surface area contributed by atoms with E-state index in [0.717, 1.165) is 0 Å². The Morgan fingerprint density at radius 1 is 1.33 bits per heavy atom. The van der Waals surface area contributed by atoms with Gasteiger partial charge in [0.15, 0.2) is 0 Å². The van der Waals surface area contributed by atoms with Crippen LogP contribution in [0.25, 0.3) is 0 Å². The maximum Gasteiger partial charge on any atom is -0.00625 e. The van der Waals surface area contributed by atoms with E-state index in [2.05, 4.69) is 0 Å². The molecule has 0 heterocycles. The predicted molar refractivity (Wildman–Crippen MR) is 28.1 cm³/mol. The first kappa shape index (κ1) is 5.28. The van der Waals surface area contributed by atoms with Gasteiger partial charge in [-0.15, -0.1) is 0 Å². The Morgan fingerprint density at radius 3 is 2.17 bits per heavy atom. The third-order valence-corrected chi connectivity index (χ3v) is 0.415. The summed E-state index contributed by atoms with van der Waals surface area (Å²) >= 11 is 0. The minimum absolute atomic E-state index is 1.50. The van der Waals surface area contributed by atoms with Gasteiger partial charge in [-0.1, -0.05) is 12.2 Å². The van der Waals surface area contributed by atoms with Crippen LogP contribution in [-0.4, -0.2) is 0 Å². The average Bonchev–Trinajstić information content (AvgIpc) is 1.61. The Labute approximate surface area is 38.2 Å². The Morgan fingerprint density at radius 2 is 2.00 bits per heavy atom. The van der Waals surface area contributed by atoms with E-state index in [1.54, 1.807) is 6.08 Å². The summed E-state index contributed by atoms with van der Waals surface area (Å²) in [6, 6.07) is 0. The first-order chi connectivity index (χ1) is 2.91. The van der Waals surface area contributed by atoms with E-state index < -0.39 is 0 Å². The average molecular weight is 83.1 g/mol. The molecule has 2 N–H and O–H groups in total. The zero-order chi connectivity index (χ0) is 4.83. The van der Waals surface area contributed by atoms with Crippen molar-refractivity contribution >= 4 is 0 Å². The second kappa shape index (κ2) is 4.28. The highest BCUT2D eigenvalue weighted by atomic mass is 14.5.